The van der Waals surface area contributed by atoms with E-state index >= 15 is 0 Å². The number of ether oxygens (including phenoxy) is 2. The van der Waals surface area contributed by atoms with Gasteiger partial charge >= 0.3 is 11.9 Å². The summed E-state index contributed by atoms with van der Waals surface area (Å²) < 4.78 is 11.1. The molecule has 0 unspecified atom stereocenters. The molecule has 0 radical (unpaired) electrons. The monoisotopic (exact) mass is 398 g/mol. The van der Waals surface area contributed by atoms with Gasteiger partial charge < -0.3 is 19.3 Å². The summed E-state index contributed by atoms with van der Waals surface area (Å²) >= 11 is 0. The van der Waals surface area contributed by atoms with Crippen molar-refractivity contribution in [3.63, 3.8) is 0 Å². The standard InChI is InChI=1S/C22H40N2O4/c1-19(17-23-13-7-3-8-14-23)27-21(25)11-5-6-12-22(26)28-20(2)18-24-15-9-4-10-16-24/h19-20H,3-18H2,1-2H3/p+2/t19-,20-/m1/s1. The van der Waals surface area contributed by atoms with Gasteiger partial charge in [-0.25, -0.2) is 0 Å². The number of carbonyl (C=O) groups excluding carboxylic acids is 2. The molecular weight excluding hydrogens is 356 g/mol. The summed E-state index contributed by atoms with van der Waals surface area (Å²) in [5.41, 5.74) is 0. The molecule has 2 rings (SSSR count). The lowest BCUT2D eigenvalue weighted by atomic mass is 10.1. The minimum Gasteiger partial charge on any atom is -0.457 e. The van der Waals surface area contributed by atoms with Crippen LogP contribution in [0.25, 0.3) is 0 Å². The lowest BCUT2D eigenvalue weighted by Crippen LogP contribution is -3.13. The van der Waals surface area contributed by atoms with E-state index in [1.165, 1.54) is 64.7 Å². The zero-order chi connectivity index (χ0) is 20.2. The number of quaternary nitrogens is 2. The third-order valence-corrected chi connectivity index (χ3v) is 5.95. The Balaban J connectivity index is 1.48. The van der Waals surface area contributed by atoms with Crippen LogP contribution in [0.2, 0.25) is 0 Å². The van der Waals surface area contributed by atoms with Gasteiger partial charge in [0.1, 0.15) is 25.3 Å². The van der Waals surface area contributed by atoms with Gasteiger partial charge in [0.05, 0.1) is 26.2 Å². The molecule has 0 spiro atoms. The van der Waals surface area contributed by atoms with Crippen molar-refractivity contribution in [3.05, 3.63) is 0 Å². The molecule has 0 aromatic rings. The van der Waals surface area contributed by atoms with Gasteiger partial charge in [-0.2, -0.15) is 0 Å². The fraction of sp³-hybridized carbons (Fsp3) is 0.909. The van der Waals surface area contributed by atoms with Crippen molar-refractivity contribution in [2.24, 2.45) is 0 Å². The number of esters is 2. The largest absolute Gasteiger partial charge is 0.457 e. The van der Waals surface area contributed by atoms with Gasteiger partial charge in [-0.3, -0.25) is 9.59 Å². The highest BCUT2D eigenvalue weighted by Crippen LogP contribution is 2.06. The molecule has 0 amide bonds. The lowest BCUT2D eigenvalue weighted by molar-refractivity contribution is -0.907. The van der Waals surface area contributed by atoms with E-state index in [0.717, 1.165) is 13.1 Å². The maximum atomic E-state index is 12.0. The molecule has 6 heteroatoms. The normalized spacial score (nSPS) is 21.1. The number of rotatable bonds is 11. The smallest absolute Gasteiger partial charge is 0.306 e. The maximum absolute atomic E-state index is 12.0. The fourth-order valence-corrected chi connectivity index (χ4v) is 4.51. The summed E-state index contributed by atoms with van der Waals surface area (Å²) in [7, 11) is 0. The molecule has 162 valence electrons. The molecule has 0 aliphatic carbocycles. The Labute approximate surface area is 170 Å². The minimum absolute atomic E-state index is 0.0243. The molecule has 2 atom stereocenters. The average molecular weight is 399 g/mol. The van der Waals surface area contributed by atoms with E-state index in [9.17, 15) is 9.59 Å². The van der Waals surface area contributed by atoms with E-state index in [1.807, 2.05) is 13.8 Å². The molecular formula is C22H42N2O4+2. The first-order chi connectivity index (χ1) is 13.5. The summed E-state index contributed by atoms with van der Waals surface area (Å²) in [4.78, 5) is 27.1. The van der Waals surface area contributed by atoms with Crippen molar-refractivity contribution in [1.29, 1.82) is 0 Å². The molecule has 2 aliphatic heterocycles. The van der Waals surface area contributed by atoms with Crippen LogP contribution < -0.4 is 9.80 Å². The highest BCUT2D eigenvalue weighted by atomic mass is 16.5. The summed E-state index contributed by atoms with van der Waals surface area (Å²) in [6.45, 7) is 10.6. The van der Waals surface area contributed by atoms with Gasteiger partial charge in [0.25, 0.3) is 0 Å². The molecule has 2 saturated heterocycles. The van der Waals surface area contributed by atoms with E-state index < -0.39 is 0 Å². The molecule has 0 bridgehead atoms. The number of hydrogen-bond acceptors (Lipinski definition) is 4. The van der Waals surface area contributed by atoms with E-state index in [2.05, 4.69) is 0 Å². The Morgan fingerprint density at radius 3 is 1.39 bits per heavy atom. The Hall–Kier alpha value is -1.14. The first kappa shape index (κ1) is 23.1. The van der Waals surface area contributed by atoms with Crippen LogP contribution in [-0.2, 0) is 19.1 Å². The van der Waals surface area contributed by atoms with Crippen molar-refractivity contribution in [2.75, 3.05) is 39.3 Å². The zero-order valence-corrected chi connectivity index (χ0v) is 18.1. The van der Waals surface area contributed by atoms with Crippen molar-refractivity contribution in [3.8, 4) is 0 Å². The van der Waals surface area contributed by atoms with Crippen LogP contribution in [0.5, 0.6) is 0 Å². The van der Waals surface area contributed by atoms with Gasteiger partial charge in [-0.15, -0.1) is 0 Å². The summed E-state index contributed by atoms with van der Waals surface area (Å²) in [5, 5.41) is 0. The average Bonchev–Trinajstić information content (AvgIpc) is 2.66. The molecule has 2 heterocycles. The van der Waals surface area contributed by atoms with Crippen LogP contribution in [0, 0.1) is 0 Å². The van der Waals surface area contributed by atoms with Crippen LogP contribution >= 0.6 is 0 Å². The maximum Gasteiger partial charge on any atom is 0.306 e. The predicted molar refractivity (Wildman–Crippen MR) is 108 cm³/mol. The van der Waals surface area contributed by atoms with E-state index in [4.69, 9.17) is 9.47 Å². The lowest BCUT2D eigenvalue weighted by Gasteiger charge is -2.26. The van der Waals surface area contributed by atoms with Crippen LogP contribution in [0.1, 0.15) is 78.1 Å². The molecule has 0 aromatic heterocycles. The fourth-order valence-electron chi connectivity index (χ4n) is 4.51. The number of nitrogens with one attached hydrogen (secondary N) is 2. The van der Waals surface area contributed by atoms with Crippen molar-refractivity contribution >= 4 is 11.9 Å². The van der Waals surface area contributed by atoms with Crippen molar-refractivity contribution in [1.82, 2.24) is 0 Å². The molecule has 2 aliphatic rings. The van der Waals surface area contributed by atoms with Gasteiger partial charge in [-0.1, -0.05) is 0 Å². The second kappa shape index (κ2) is 13.2. The number of piperidine rings is 2. The molecule has 28 heavy (non-hydrogen) atoms. The van der Waals surface area contributed by atoms with Crippen molar-refractivity contribution < 1.29 is 28.9 Å². The van der Waals surface area contributed by atoms with Crippen molar-refractivity contribution in [2.45, 2.75) is 90.3 Å². The third kappa shape index (κ3) is 9.87. The van der Waals surface area contributed by atoms with Gasteiger partial charge in [-0.05, 0) is 65.2 Å². The Kier molecular flexibility index (Phi) is 10.9. The zero-order valence-electron chi connectivity index (χ0n) is 18.1. The molecule has 0 saturated carbocycles. The topological polar surface area (TPSA) is 61.5 Å². The Morgan fingerprint density at radius 1 is 0.679 bits per heavy atom. The van der Waals surface area contributed by atoms with Crippen LogP contribution in [0.15, 0.2) is 0 Å². The highest BCUT2D eigenvalue weighted by Gasteiger charge is 2.20. The number of unbranched alkanes of at least 4 members (excludes halogenated alkanes) is 1. The summed E-state index contributed by atoms with van der Waals surface area (Å²) in [6.07, 6.45) is 9.89. The molecule has 2 fully saturated rings. The number of carbonyl (C=O) groups is 2. The predicted octanol–water partition coefficient (Wildman–Crippen LogP) is 0.548. The van der Waals surface area contributed by atoms with E-state index in [-0.39, 0.29) is 24.1 Å². The van der Waals surface area contributed by atoms with Gasteiger partial charge in [0.15, 0.2) is 0 Å². The second-order valence-electron chi connectivity index (χ2n) is 8.84. The first-order valence-corrected chi connectivity index (χ1v) is 11.6. The van der Waals surface area contributed by atoms with E-state index in [1.54, 1.807) is 9.80 Å². The van der Waals surface area contributed by atoms with Gasteiger partial charge in [0, 0.05) is 12.8 Å². The molecule has 6 nitrogen and oxygen atoms in total. The quantitative estimate of drug-likeness (QED) is 0.394. The van der Waals surface area contributed by atoms with Gasteiger partial charge in [0.2, 0.25) is 0 Å². The summed E-state index contributed by atoms with van der Waals surface area (Å²) in [6, 6.07) is 0. The van der Waals surface area contributed by atoms with Crippen LogP contribution in [-0.4, -0.2) is 63.4 Å². The van der Waals surface area contributed by atoms with Crippen LogP contribution in [0.3, 0.4) is 0 Å². The highest BCUT2D eigenvalue weighted by molar-refractivity contribution is 5.70. The number of likely N-dealkylation sites (tertiary alicyclic amines) is 2. The molecule has 2 N–H and O–H groups in total. The first-order valence-electron chi connectivity index (χ1n) is 11.6. The summed E-state index contributed by atoms with van der Waals surface area (Å²) in [5.74, 6) is -0.279. The third-order valence-electron chi connectivity index (χ3n) is 5.95. The van der Waals surface area contributed by atoms with E-state index in [0.29, 0.717) is 25.7 Å². The number of hydrogen-bond donors (Lipinski definition) is 2. The minimum atomic E-state index is -0.139. The Bertz CT molecular complexity index is 417. The Morgan fingerprint density at radius 2 is 1.04 bits per heavy atom. The van der Waals surface area contributed by atoms with Crippen LogP contribution in [0.4, 0.5) is 0 Å². The molecule has 0 aromatic carbocycles. The second-order valence-corrected chi connectivity index (χ2v) is 8.84. The SMILES string of the molecule is C[C@H](C[NH+]1CCCCC1)OC(=O)CCCCC(=O)O[C@H](C)C[NH+]1CCCCC1.